The van der Waals surface area contributed by atoms with Gasteiger partial charge in [0.15, 0.2) is 6.61 Å². The summed E-state index contributed by atoms with van der Waals surface area (Å²) in [5, 5.41) is 3.92. The molecule has 1 aromatic carbocycles. The van der Waals surface area contributed by atoms with Gasteiger partial charge in [-0.25, -0.2) is 0 Å². The van der Waals surface area contributed by atoms with E-state index in [1.807, 2.05) is 30.9 Å². The summed E-state index contributed by atoms with van der Waals surface area (Å²) < 4.78 is 5.72. The molecular formula is C16H23ClN2O2. The van der Waals surface area contributed by atoms with E-state index in [4.69, 9.17) is 16.3 Å². The van der Waals surface area contributed by atoms with Gasteiger partial charge in [-0.2, -0.15) is 0 Å². The smallest absolute Gasteiger partial charge is 0.260 e. The maximum atomic E-state index is 12.2. The Kier molecular flexibility index (Phi) is 5.88. The van der Waals surface area contributed by atoms with Crippen molar-refractivity contribution in [2.45, 2.75) is 39.3 Å². The minimum atomic E-state index is 0.0596. The third-order valence-electron chi connectivity index (χ3n) is 3.59. The third-order valence-corrected chi connectivity index (χ3v) is 3.82. The van der Waals surface area contributed by atoms with Crippen LogP contribution in [0.2, 0.25) is 5.02 Å². The molecule has 0 aromatic heterocycles. The summed E-state index contributed by atoms with van der Waals surface area (Å²) in [5.74, 6) is 0.782. The maximum Gasteiger partial charge on any atom is 0.260 e. The van der Waals surface area contributed by atoms with E-state index < -0.39 is 0 Å². The predicted octanol–water partition coefficient (Wildman–Crippen LogP) is 2.84. The van der Waals surface area contributed by atoms with Crippen LogP contribution in [0.15, 0.2) is 18.2 Å². The summed E-state index contributed by atoms with van der Waals surface area (Å²) in [6, 6.07) is 5.92. The molecule has 4 nitrogen and oxygen atoms in total. The fraction of sp³-hybridized carbons (Fsp3) is 0.562. The second-order valence-corrected chi connectivity index (χ2v) is 5.67. The largest absolute Gasteiger partial charge is 0.483 e. The van der Waals surface area contributed by atoms with Gasteiger partial charge in [0, 0.05) is 29.7 Å². The van der Waals surface area contributed by atoms with Crippen LogP contribution in [0.3, 0.4) is 0 Å². The van der Waals surface area contributed by atoms with Crippen LogP contribution in [0.25, 0.3) is 0 Å². The minimum absolute atomic E-state index is 0.0596. The average Bonchev–Trinajstić information content (AvgIpc) is 3.29. The fourth-order valence-electron chi connectivity index (χ4n) is 2.33. The van der Waals surface area contributed by atoms with Gasteiger partial charge in [0.2, 0.25) is 0 Å². The van der Waals surface area contributed by atoms with Crippen molar-refractivity contribution in [2.24, 2.45) is 0 Å². The number of rotatable bonds is 8. The Hall–Kier alpha value is -1.26. The van der Waals surface area contributed by atoms with Crippen molar-refractivity contribution in [2.75, 3.05) is 19.7 Å². The number of carbonyl (C=O) groups is 1. The maximum absolute atomic E-state index is 12.2. The molecule has 1 N–H and O–H groups in total. The van der Waals surface area contributed by atoms with Gasteiger partial charge >= 0.3 is 0 Å². The van der Waals surface area contributed by atoms with Crippen molar-refractivity contribution in [3.63, 3.8) is 0 Å². The molecule has 1 aliphatic rings. The molecule has 1 fully saturated rings. The highest BCUT2D eigenvalue weighted by Gasteiger charge is 2.31. The Morgan fingerprint density at radius 1 is 1.43 bits per heavy atom. The van der Waals surface area contributed by atoms with E-state index >= 15 is 0 Å². The number of ether oxygens (including phenoxy) is 1. The number of likely N-dealkylation sites (N-methyl/N-ethyl adjacent to an activating group) is 1. The Labute approximate surface area is 131 Å². The first-order chi connectivity index (χ1) is 10.2. The molecule has 1 amide bonds. The van der Waals surface area contributed by atoms with E-state index in [9.17, 15) is 4.79 Å². The Bertz CT molecular complexity index is 489. The van der Waals surface area contributed by atoms with Crippen molar-refractivity contribution in [3.8, 4) is 5.75 Å². The summed E-state index contributed by atoms with van der Waals surface area (Å²) >= 11 is 6.02. The molecule has 21 heavy (non-hydrogen) atoms. The third kappa shape index (κ3) is 4.61. The zero-order chi connectivity index (χ0) is 15.2. The molecule has 1 aromatic rings. The zero-order valence-electron chi connectivity index (χ0n) is 12.7. The number of amides is 1. The van der Waals surface area contributed by atoms with Crippen LogP contribution >= 0.6 is 11.6 Å². The molecule has 1 aliphatic carbocycles. The van der Waals surface area contributed by atoms with Gasteiger partial charge in [-0.15, -0.1) is 0 Å². The molecule has 0 aliphatic heterocycles. The van der Waals surface area contributed by atoms with Crippen molar-refractivity contribution in [3.05, 3.63) is 28.8 Å². The number of nitrogens with one attached hydrogen (secondary N) is 1. The van der Waals surface area contributed by atoms with E-state index in [0.29, 0.717) is 17.6 Å². The van der Waals surface area contributed by atoms with Gasteiger partial charge in [-0.05, 0) is 44.5 Å². The average molecular weight is 311 g/mol. The van der Waals surface area contributed by atoms with Gasteiger partial charge in [0.25, 0.3) is 5.91 Å². The van der Waals surface area contributed by atoms with Gasteiger partial charge in [0.05, 0.1) is 0 Å². The van der Waals surface area contributed by atoms with E-state index in [0.717, 1.165) is 37.2 Å². The summed E-state index contributed by atoms with van der Waals surface area (Å²) in [7, 11) is 0. The molecule has 0 heterocycles. The van der Waals surface area contributed by atoms with Gasteiger partial charge in [-0.1, -0.05) is 18.5 Å². The molecule has 0 saturated heterocycles. The molecule has 0 radical (unpaired) electrons. The van der Waals surface area contributed by atoms with Crippen LogP contribution in [-0.2, 0) is 11.3 Å². The SMILES string of the molecule is CCNCc1cc(Cl)ccc1OCC(=O)N(CC)C1CC1. The summed E-state index contributed by atoms with van der Waals surface area (Å²) in [6.07, 6.45) is 2.23. The highest BCUT2D eigenvalue weighted by atomic mass is 35.5. The number of benzene rings is 1. The van der Waals surface area contributed by atoms with Crippen LogP contribution < -0.4 is 10.1 Å². The van der Waals surface area contributed by atoms with Crippen molar-refractivity contribution in [1.29, 1.82) is 0 Å². The van der Waals surface area contributed by atoms with E-state index in [1.165, 1.54) is 0 Å². The highest BCUT2D eigenvalue weighted by Crippen LogP contribution is 2.27. The van der Waals surface area contributed by atoms with Crippen molar-refractivity contribution in [1.82, 2.24) is 10.2 Å². The van der Waals surface area contributed by atoms with Crippen LogP contribution in [0.4, 0.5) is 0 Å². The standard InChI is InChI=1S/C16H23ClN2O2/c1-3-18-10-12-9-13(17)5-8-15(12)21-11-16(20)19(4-2)14-6-7-14/h5,8-9,14,18H,3-4,6-7,10-11H2,1-2H3. The topological polar surface area (TPSA) is 41.6 Å². The molecule has 5 heteroatoms. The molecule has 1 saturated carbocycles. The monoisotopic (exact) mass is 310 g/mol. The lowest BCUT2D eigenvalue weighted by molar-refractivity contribution is -0.133. The molecule has 2 rings (SSSR count). The first-order valence-corrected chi connectivity index (χ1v) is 7.94. The lowest BCUT2D eigenvalue weighted by Crippen LogP contribution is -2.36. The van der Waals surface area contributed by atoms with Crippen LogP contribution in [0.1, 0.15) is 32.3 Å². The van der Waals surface area contributed by atoms with Gasteiger partial charge < -0.3 is 15.0 Å². The number of hydrogen-bond acceptors (Lipinski definition) is 3. The lowest BCUT2D eigenvalue weighted by atomic mass is 10.2. The zero-order valence-corrected chi connectivity index (χ0v) is 13.4. The summed E-state index contributed by atoms with van der Waals surface area (Å²) in [6.45, 7) is 6.44. The molecule has 0 unspecified atom stereocenters. The summed E-state index contributed by atoms with van der Waals surface area (Å²) in [4.78, 5) is 14.1. The predicted molar refractivity (Wildman–Crippen MR) is 84.7 cm³/mol. The lowest BCUT2D eigenvalue weighted by Gasteiger charge is -2.21. The first kappa shape index (κ1) is 16.1. The molecule has 0 bridgehead atoms. The van der Waals surface area contributed by atoms with Crippen LogP contribution in [-0.4, -0.2) is 36.5 Å². The van der Waals surface area contributed by atoms with Gasteiger partial charge in [0.1, 0.15) is 5.75 Å². The molecular weight excluding hydrogens is 288 g/mol. The molecule has 0 spiro atoms. The number of halogens is 1. The minimum Gasteiger partial charge on any atom is -0.483 e. The van der Waals surface area contributed by atoms with Crippen molar-refractivity contribution < 1.29 is 9.53 Å². The quantitative estimate of drug-likeness (QED) is 0.803. The second-order valence-electron chi connectivity index (χ2n) is 5.23. The summed E-state index contributed by atoms with van der Waals surface area (Å²) in [5.41, 5.74) is 0.978. The number of carbonyl (C=O) groups excluding carboxylic acids is 1. The van der Waals surface area contributed by atoms with Gasteiger partial charge in [-0.3, -0.25) is 4.79 Å². The molecule has 116 valence electrons. The Morgan fingerprint density at radius 2 is 2.19 bits per heavy atom. The van der Waals surface area contributed by atoms with E-state index in [-0.39, 0.29) is 12.5 Å². The fourth-order valence-corrected chi connectivity index (χ4v) is 2.53. The number of hydrogen-bond donors (Lipinski definition) is 1. The highest BCUT2D eigenvalue weighted by molar-refractivity contribution is 6.30. The second kappa shape index (κ2) is 7.66. The van der Waals surface area contributed by atoms with E-state index in [2.05, 4.69) is 5.32 Å². The molecule has 0 atom stereocenters. The van der Waals surface area contributed by atoms with Crippen molar-refractivity contribution >= 4 is 17.5 Å². The van der Waals surface area contributed by atoms with Crippen LogP contribution in [0, 0.1) is 0 Å². The Balaban J connectivity index is 1.96. The normalized spacial score (nSPS) is 14.0. The van der Waals surface area contributed by atoms with Crippen LogP contribution in [0.5, 0.6) is 5.75 Å². The Morgan fingerprint density at radius 3 is 2.81 bits per heavy atom. The first-order valence-electron chi connectivity index (χ1n) is 7.57. The number of nitrogens with zero attached hydrogens (tertiary/aromatic N) is 1. The van der Waals surface area contributed by atoms with E-state index in [1.54, 1.807) is 6.07 Å².